The van der Waals surface area contributed by atoms with E-state index in [1.807, 2.05) is 6.07 Å². The van der Waals surface area contributed by atoms with E-state index in [0.29, 0.717) is 34.4 Å². The SMILES string of the molecule is O=C(NC1(c2cccnc2)CC1)c1cc2ccccc2c(Cl)c1NC(=O)c1cc(C(F)(F)F)nn1-c1ncccc1Cl. The summed E-state index contributed by atoms with van der Waals surface area (Å²) in [6.45, 7) is 0. The first kappa shape index (κ1) is 27.7. The first-order valence-electron chi connectivity index (χ1n) is 12.6. The molecule has 0 radical (unpaired) electrons. The van der Waals surface area contributed by atoms with Crippen LogP contribution < -0.4 is 10.6 Å². The molecule has 5 aromatic rings. The van der Waals surface area contributed by atoms with Gasteiger partial charge in [-0.05, 0) is 48.1 Å². The van der Waals surface area contributed by atoms with Crippen molar-refractivity contribution in [2.75, 3.05) is 5.32 Å². The number of rotatable bonds is 6. The van der Waals surface area contributed by atoms with Crippen LogP contribution in [0.15, 0.2) is 79.3 Å². The zero-order valence-corrected chi connectivity index (χ0v) is 22.9. The molecule has 0 atom stereocenters. The minimum absolute atomic E-state index is 0.0280. The largest absolute Gasteiger partial charge is 0.435 e. The lowest BCUT2D eigenvalue weighted by Crippen LogP contribution is -2.35. The van der Waals surface area contributed by atoms with Crippen LogP contribution in [0.25, 0.3) is 16.6 Å². The second-order valence-electron chi connectivity index (χ2n) is 9.70. The van der Waals surface area contributed by atoms with E-state index in [-0.39, 0.29) is 27.1 Å². The van der Waals surface area contributed by atoms with Crippen molar-refractivity contribution in [2.45, 2.75) is 24.6 Å². The number of anilines is 1. The van der Waals surface area contributed by atoms with Crippen LogP contribution in [0, 0.1) is 0 Å². The van der Waals surface area contributed by atoms with Gasteiger partial charge in [-0.2, -0.15) is 18.3 Å². The minimum atomic E-state index is -4.86. The number of halogens is 5. The Morgan fingerprint density at radius 1 is 0.952 bits per heavy atom. The number of hydrogen-bond donors (Lipinski definition) is 2. The van der Waals surface area contributed by atoms with E-state index in [0.717, 1.165) is 5.56 Å². The van der Waals surface area contributed by atoms with Crippen molar-refractivity contribution in [2.24, 2.45) is 0 Å². The van der Waals surface area contributed by atoms with Gasteiger partial charge in [0.1, 0.15) is 5.69 Å². The number of alkyl halides is 3. The number of benzene rings is 2. The molecule has 42 heavy (non-hydrogen) atoms. The number of hydrogen-bond acceptors (Lipinski definition) is 5. The summed E-state index contributed by atoms with van der Waals surface area (Å²) < 4.78 is 41.7. The molecule has 0 bridgehead atoms. The van der Waals surface area contributed by atoms with Crippen molar-refractivity contribution in [3.05, 3.63) is 112 Å². The lowest BCUT2D eigenvalue weighted by molar-refractivity contribution is -0.141. The van der Waals surface area contributed by atoms with Gasteiger partial charge in [0, 0.05) is 30.0 Å². The molecule has 1 aliphatic rings. The molecule has 0 aliphatic heterocycles. The Morgan fingerprint density at radius 2 is 1.71 bits per heavy atom. The van der Waals surface area contributed by atoms with Crippen LogP contribution in [0.1, 0.15) is 44.9 Å². The Balaban J connectivity index is 1.43. The zero-order chi connectivity index (χ0) is 29.6. The second-order valence-corrected chi connectivity index (χ2v) is 10.5. The summed E-state index contributed by atoms with van der Waals surface area (Å²) in [6, 6.07) is 15.6. The predicted octanol–water partition coefficient (Wildman–Crippen LogP) is 6.81. The van der Waals surface area contributed by atoms with Crippen molar-refractivity contribution in [1.82, 2.24) is 25.1 Å². The van der Waals surface area contributed by atoms with Gasteiger partial charge in [-0.1, -0.05) is 53.5 Å². The maximum Gasteiger partial charge on any atom is 0.435 e. The van der Waals surface area contributed by atoms with Crippen molar-refractivity contribution in [3.63, 3.8) is 0 Å². The summed E-state index contributed by atoms with van der Waals surface area (Å²) in [7, 11) is 0. The maximum absolute atomic E-state index is 13.7. The smallest absolute Gasteiger partial charge is 0.342 e. The van der Waals surface area contributed by atoms with Crippen LogP contribution in [0.5, 0.6) is 0 Å². The van der Waals surface area contributed by atoms with Crippen molar-refractivity contribution in [1.29, 1.82) is 0 Å². The summed E-state index contributed by atoms with van der Waals surface area (Å²) in [6.07, 6.45) is 1.10. The average Bonchev–Trinajstić information content (AvgIpc) is 3.61. The Bertz CT molecular complexity index is 1860. The molecule has 3 aromatic heterocycles. The first-order chi connectivity index (χ1) is 20.1. The van der Waals surface area contributed by atoms with Crippen molar-refractivity contribution < 1.29 is 22.8 Å². The number of nitrogens with one attached hydrogen (secondary N) is 2. The highest BCUT2D eigenvalue weighted by Crippen LogP contribution is 2.46. The van der Waals surface area contributed by atoms with Gasteiger partial charge in [-0.15, -0.1) is 0 Å². The average molecular weight is 611 g/mol. The summed E-state index contributed by atoms with van der Waals surface area (Å²) in [5.74, 6) is -1.73. The van der Waals surface area contributed by atoms with Crippen LogP contribution in [0.2, 0.25) is 10.0 Å². The fourth-order valence-electron chi connectivity index (χ4n) is 4.70. The second kappa shape index (κ2) is 10.4. The van der Waals surface area contributed by atoms with Gasteiger partial charge in [0.15, 0.2) is 11.5 Å². The molecule has 1 fully saturated rings. The highest BCUT2D eigenvalue weighted by Gasteiger charge is 2.46. The van der Waals surface area contributed by atoms with E-state index in [4.69, 9.17) is 23.2 Å². The highest BCUT2D eigenvalue weighted by molar-refractivity contribution is 6.40. The van der Waals surface area contributed by atoms with Crippen molar-refractivity contribution >= 4 is 51.5 Å². The number of fused-ring (bicyclic) bond motifs is 1. The van der Waals surface area contributed by atoms with Gasteiger partial charge in [-0.25, -0.2) is 9.67 Å². The molecular weight excluding hydrogens is 592 g/mol. The maximum atomic E-state index is 13.7. The molecule has 2 N–H and O–H groups in total. The predicted molar refractivity (Wildman–Crippen MR) is 151 cm³/mol. The zero-order valence-electron chi connectivity index (χ0n) is 21.4. The number of carbonyl (C=O) groups is 2. The number of aromatic nitrogens is 4. The molecule has 3 heterocycles. The lowest BCUT2D eigenvalue weighted by atomic mass is 10.0. The Kier molecular flexibility index (Phi) is 6.86. The minimum Gasteiger partial charge on any atom is -0.342 e. The third kappa shape index (κ3) is 5.05. The summed E-state index contributed by atoms with van der Waals surface area (Å²) in [5.41, 5.74) is -1.71. The van der Waals surface area contributed by atoms with Gasteiger partial charge in [0.05, 0.1) is 26.8 Å². The fourth-order valence-corrected chi connectivity index (χ4v) is 5.22. The third-order valence-electron chi connectivity index (χ3n) is 6.96. The monoisotopic (exact) mass is 610 g/mol. The van der Waals surface area contributed by atoms with Gasteiger partial charge in [-0.3, -0.25) is 14.6 Å². The van der Waals surface area contributed by atoms with Crippen molar-refractivity contribution in [3.8, 4) is 5.82 Å². The summed E-state index contributed by atoms with van der Waals surface area (Å²) in [4.78, 5) is 35.5. The van der Waals surface area contributed by atoms with E-state index in [9.17, 15) is 22.8 Å². The third-order valence-corrected chi connectivity index (χ3v) is 7.65. The normalized spacial score (nSPS) is 14.0. The first-order valence-corrected chi connectivity index (χ1v) is 13.4. The molecule has 8 nitrogen and oxygen atoms in total. The molecule has 1 saturated carbocycles. The molecule has 0 saturated heterocycles. The molecule has 6 rings (SSSR count). The fraction of sp³-hybridized carbons (Fsp3) is 0.138. The highest BCUT2D eigenvalue weighted by atomic mass is 35.5. The summed E-state index contributed by atoms with van der Waals surface area (Å²) in [5, 5.41) is 10.3. The van der Waals surface area contributed by atoms with Crippen LogP contribution >= 0.6 is 23.2 Å². The topological polar surface area (TPSA) is 102 Å². The molecular formula is C29H19Cl2F3N6O2. The summed E-state index contributed by atoms with van der Waals surface area (Å²) >= 11 is 12.9. The van der Waals surface area contributed by atoms with E-state index in [2.05, 4.69) is 25.7 Å². The van der Waals surface area contributed by atoms with E-state index in [1.54, 1.807) is 48.8 Å². The molecule has 13 heteroatoms. The molecule has 2 amide bonds. The number of carbonyl (C=O) groups excluding carboxylic acids is 2. The van der Waals surface area contributed by atoms with E-state index < -0.39 is 34.9 Å². The molecule has 0 unspecified atom stereocenters. The Labute approximate surface area is 246 Å². The van der Waals surface area contributed by atoms with Gasteiger partial charge >= 0.3 is 6.18 Å². The van der Waals surface area contributed by atoms with Gasteiger partial charge in [0.2, 0.25) is 0 Å². The number of nitrogens with zero attached hydrogens (tertiary/aromatic N) is 4. The molecule has 0 spiro atoms. The van der Waals surface area contributed by atoms with E-state index in [1.165, 1.54) is 18.3 Å². The van der Waals surface area contributed by atoms with Crippen LogP contribution in [-0.4, -0.2) is 31.6 Å². The Morgan fingerprint density at radius 3 is 2.40 bits per heavy atom. The molecule has 2 aromatic carbocycles. The van der Waals surface area contributed by atoms with Crippen LogP contribution in [0.4, 0.5) is 18.9 Å². The van der Waals surface area contributed by atoms with E-state index >= 15 is 0 Å². The lowest BCUT2D eigenvalue weighted by Gasteiger charge is -2.20. The molecule has 1 aliphatic carbocycles. The number of pyridine rings is 2. The van der Waals surface area contributed by atoms with Crippen LogP contribution in [0.3, 0.4) is 0 Å². The molecule has 212 valence electrons. The quantitative estimate of drug-likeness (QED) is 0.220. The Hall–Kier alpha value is -4.48. The van der Waals surface area contributed by atoms with Gasteiger partial charge in [0.25, 0.3) is 11.8 Å². The van der Waals surface area contributed by atoms with Crippen LogP contribution in [-0.2, 0) is 11.7 Å². The number of amides is 2. The van der Waals surface area contributed by atoms with Gasteiger partial charge < -0.3 is 10.6 Å². The standard InChI is InChI=1S/C29H19Cl2F3N6O2/c30-20-8-4-12-36-25(20)40-21(14-22(39-40)29(32,33)34)27(42)37-24-19(13-16-5-1-2-7-18(16)23(24)31)26(41)38-28(9-10-28)17-6-3-11-35-15-17/h1-8,11-15H,9-10H2,(H,37,42)(H,38,41).